The van der Waals surface area contributed by atoms with Crippen LogP contribution in [0.3, 0.4) is 0 Å². The Bertz CT molecular complexity index is 723. The van der Waals surface area contributed by atoms with Gasteiger partial charge in [0, 0.05) is 32.4 Å². The molecule has 0 spiro atoms. The highest BCUT2D eigenvalue weighted by molar-refractivity contribution is 9.10. The minimum absolute atomic E-state index is 0.0475. The average molecular weight is 413 g/mol. The van der Waals surface area contributed by atoms with Crippen molar-refractivity contribution in [3.8, 4) is 0 Å². The summed E-state index contributed by atoms with van der Waals surface area (Å²) in [7, 11) is 0. The zero-order valence-electron chi connectivity index (χ0n) is 13.6. The van der Waals surface area contributed by atoms with E-state index in [1.54, 1.807) is 6.20 Å². The molecule has 0 atom stereocenters. The summed E-state index contributed by atoms with van der Waals surface area (Å²) in [6.07, 6.45) is 1.64. The van der Waals surface area contributed by atoms with Crippen molar-refractivity contribution in [1.29, 1.82) is 0 Å². The van der Waals surface area contributed by atoms with Gasteiger partial charge in [-0.1, -0.05) is 25.4 Å². The second-order valence-corrected chi connectivity index (χ2v) is 7.30. The number of hydrogen-bond donors (Lipinski definition) is 1. The third-order valence-corrected chi connectivity index (χ3v) is 5.14. The lowest BCUT2D eigenvalue weighted by Gasteiger charge is -2.35. The molecule has 24 heavy (non-hydrogen) atoms. The molecule has 8 heteroatoms. The molecule has 0 radical (unpaired) electrons. The zero-order valence-corrected chi connectivity index (χ0v) is 15.9. The zero-order chi connectivity index (χ0) is 17.3. The minimum Gasteiger partial charge on any atom is -0.353 e. The molecule has 1 amide bonds. The first-order valence-electron chi connectivity index (χ1n) is 7.87. The molecule has 2 aromatic rings. The van der Waals surface area contributed by atoms with E-state index in [0.717, 1.165) is 29.1 Å². The van der Waals surface area contributed by atoms with Crippen LogP contribution in [-0.2, 0) is 0 Å². The molecule has 1 aliphatic heterocycles. The number of hydrogen-bond acceptors (Lipinski definition) is 4. The fourth-order valence-corrected chi connectivity index (χ4v) is 3.63. The Kier molecular flexibility index (Phi) is 5.10. The molecule has 0 aromatic carbocycles. The van der Waals surface area contributed by atoms with E-state index in [2.05, 4.69) is 49.9 Å². The van der Waals surface area contributed by atoms with E-state index < -0.39 is 0 Å². The van der Waals surface area contributed by atoms with Gasteiger partial charge in [-0.2, -0.15) is 5.10 Å². The van der Waals surface area contributed by atoms with Crippen molar-refractivity contribution in [2.75, 3.05) is 31.1 Å². The van der Waals surface area contributed by atoms with Crippen molar-refractivity contribution in [3.63, 3.8) is 0 Å². The molecule has 1 N–H and O–H groups in total. The summed E-state index contributed by atoms with van der Waals surface area (Å²) in [6, 6.07) is 3.73. The number of aromatic nitrogens is 3. The van der Waals surface area contributed by atoms with Gasteiger partial charge in [0.1, 0.15) is 5.82 Å². The number of nitrogens with one attached hydrogen (secondary N) is 1. The van der Waals surface area contributed by atoms with Crippen LogP contribution in [0.15, 0.2) is 22.8 Å². The number of halogens is 2. The molecule has 3 heterocycles. The average Bonchev–Trinajstić information content (AvgIpc) is 2.97. The molecule has 0 bridgehead atoms. The van der Waals surface area contributed by atoms with Crippen LogP contribution in [0, 0.1) is 0 Å². The third-order valence-electron chi connectivity index (χ3n) is 4.12. The summed E-state index contributed by atoms with van der Waals surface area (Å²) in [5.41, 5.74) is 1.40. The fraction of sp³-hybridized carbons (Fsp3) is 0.438. The van der Waals surface area contributed by atoms with Crippen molar-refractivity contribution in [3.05, 3.63) is 39.2 Å². The normalized spacial score (nSPS) is 15.2. The Morgan fingerprint density at radius 2 is 2.00 bits per heavy atom. The standard InChI is InChI=1S/C16H19BrClN5O/c1-10(2)14-13(17)15(21-20-14)16(24)23-7-5-22(6-8-23)12-4-3-11(18)9-19-12/h3-4,9-10H,5-8H2,1-2H3,(H,20,21). The van der Waals surface area contributed by atoms with Gasteiger partial charge < -0.3 is 9.80 Å². The van der Waals surface area contributed by atoms with Crippen LogP contribution in [0.5, 0.6) is 0 Å². The Morgan fingerprint density at radius 3 is 2.54 bits per heavy atom. The molecular weight excluding hydrogens is 394 g/mol. The number of pyridine rings is 1. The Hall–Kier alpha value is -1.60. The van der Waals surface area contributed by atoms with E-state index in [-0.39, 0.29) is 11.8 Å². The van der Waals surface area contributed by atoms with Crippen LogP contribution in [0.25, 0.3) is 0 Å². The van der Waals surface area contributed by atoms with Crippen LogP contribution in [0.1, 0.15) is 35.9 Å². The first-order valence-corrected chi connectivity index (χ1v) is 9.04. The van der Waals surface area contributed by atoms with Crippen LogP contribution < -0.4 is 4.90 Å². The molecule has 128 valence electrons. The van der Waals surface area contributed by atoms with Crippen LogP contribution in [-0.4, -0.2) is 52.2 Å². The largest absolute Gasteiger partial charge is 0.353 e. The molecule has 3 rings (SSSR count). The van der Waals surface area contributed by atoms with Gasteiger partial charge >= 0.3 is 0 Å². The van der Waals surface area contributed by atoms with Gasteiger partial charge in [-0.3, -0.25) is 9.89 Å². The van der Waals surface area contributed by atoms with E-state index >= 15 is 0 Å². The molecule has 1 fully saturated rings. The number of amides is 1. The number of anilines is 1. The van der Waals surface area contributed by atoms with E-state index in [0.29, 0.717) is 23.8 Å². The van der Waals surface area contributed by atoms with Crippen molar-refractivity contribution in [1.82, 2.24) is 20.1 Å². The molecule has 2 aromatic heterocycles. The second-order valence-electron chi connectivity index (χ2n) is 6.07. The second kappa shape index (κ2) is 7.11. The van der Waals surface area contributed by atoms with E-state index in [1.807, 2.05) is 17.0 Å². The summed E-state index contributed by atoms with van der Waals surface area (Å²) in [4.78, 5) is 21.0. The predicted molar refractivity (Wildman–Crippen MR) is 97.7 cm³/mol. The molecule has 0 unspecified atom stereocenters. The quantitative estimate of drug-likeness (QED) is 0.840. The number of rotatable bonds is 3. The van der Waals surface area contributed by atoms with Crippen LogP contribution in [0.4, 0.5) is 5.82 Å². The lowest BCUT2D eigenvalue weighted by Crippen LogP contribution is -2.49. The summed E-state index contributed by atoms with van der Waals surface area (Å²) in [6.45, 7) is 6.87. The maximum atomic E-state index is 12.7. The highest BCUT2D eigenvalue weighted by atomic mass is 79.9. The van der Waals surface area contributed by atoms with Crippen LogP contribution in [0.2, 0.25) is 5.02 Å². The van der Waals surface area contributed by atoms with Gasteiger partial charge in [0.25, 0.3) is 5.91 Å². The maximum Gasteiger partial charge on any atom is 0.275 e. The number of H-pyrrole nitrogens is 1. The number of piperazine rings is 1. The SMILES string of the molecule is CC(C)c1[nH]nc(C(=O)N2CCN(c3ccc(Cl)cn3)CC2)c1Br. The topological polar surface area (TPSA) is 65.1 Å². The highest BCUT2D eigenvalue weighted by Gasteiger charge is 2.27. The Morgan fingerprint density at radius 1 is 1.29 bits per heavy atom. The molecule has 0 aliphatic carbocycles. The Balaban J connectivity index is 1.66. The van der Waals surface area contributed by atoms with Crippen molar-refractivity contribution >= 4 is 39.3 Å². The predicted octanol–water partition coefficient (Wildman–Crippen LogP) is 3.31. The lowest BCUT2D eigenvalue weighted by atomic mass is 10.1. The lowest BCUT2D eigenvalue weighted by molar-refractivity contribution is 0.0739. The third kappa shape index (κ3) is 3.42. The summed E-state index contributed by atoms with van der Waals surface area (Å²) in [5.74, 6) is 1.12. The summed E-state index contributed by atoms with van der Waals surface area (Å²) < 4.78 is 0.768. The van der Waals surface area contributed by atoms with Gasteiger partial charge in [-0.15, -0.1) is 0 Å². The smallest absolute Gasteiger partial charge is 0.275 e. The van der Waals surface area contributed by atoms with E-state index in [4.69, 9.17) is 11.6 Å². The summed E-state index contributed by atoms with van der Waals surface area (Å²) >= 11 is 9.37. The fourth-order valence-electron chi connectivity index (χ4n) is 2.71. The first kappa shape index (κ1) is 17.2. The van der Waals surface area contributed by atoms with E-state index in [9.17, 15) is 4.79 Å². The molecular formula is C16H19BrClN5O. The Labute approximate surface area is 154 Å². The van der Waals surface area contributed by atoms with Crippen molar-refractivity contribution < 1.29 is 4.79 Å². The van der Waals surface area contributed by atoms with Gasteiger partial charge in [0.15, 0.2) is 5.69 Å². The minimum atomic E-state index is -0.0475. The number of carbonyl (C=O) groups is 1. The number of nitrogens with zero attached hydrogens (tertiary/aromatic N) is 4. The first-order chi connectivity index (χ1) is 11.5. The van der Waals surface area contributed by atoms with Crippen molar-refractivity contribution in [2.45, 2.75) is 19.8 Å². The molecule has 6 nitrogen and oxygen atoms in total. The maximum absolute atomic E-state index is 12.7. The number of carbonyl (C=O) groups excluding carboxylic acids is 1. The number of aromatic amines is 1. The summed E-state index contributed by atoms with van der Waals surface area (Å²) in [5, 5.41) is 7.77. The van der Waals surface area contributed by atoms with Crippen molar-refractivity contribution in [2.24, 2.45) is 0 Å². The highest BCUT2D eigenvalue weighted by Crippen LogP contribution is 2.27. The van der Waals surface area contributed by atoms with Gasteiger partial charge in [0.05, 0.1) is 15.2 Å². The van der Waals surface area contributed by atoms with Gasteiger partial charge in [0.2, 0.25) is 0 Å². The monoisotopic (exact) mass is 411 g/mol. The van der Waals surface area contributed by atoms with Gasteiger partial charge in [-0.25, -0.2) is 4.98 Å². The van der Waals surface area contributed by atoms with E-state index in [1.165, 1.54) is 0 Å². The molecule has 1 saturated heterocycles. The molecule has 1 aliphatic rings. The van der Waals surface area contributed by atoms with Crippen LogP contribution >= 0.6 is 27.5 Å². The van der Waals surface area contributed by atoms with Gasteiger partial charge in [-0.05, 0) is 34.0 Å². The molecule has 0 saturated carbocycles.